The second kappa shape index (κ2) is 11.2. The average Bonchev–Trinajstić information content (AvgIpc) is 2.94. The van der Waals surface area contributed by atoms with E-state index < -0.39 is 0 Å². The van der Waals surface area contributed by atoms with Gasteiger partial charge in [-0.1, -0.05) is 36.4 Å². The van der Waals surface area contributed by atoms with Gasteiger partial charge >= 0.3 is 0 Å². The zero-order valence-corrected chi connectivity index (χ0v) is 20.7. The monoisotopic (exact) mass is 493 g/mol. The Morgan fingerprint density at radius 1 is 1.03 bits per heavy atom. The molecule has 1 fully saturated rings. The highest BCUT2D eigenvalue weighted by Crippen LogP contribution is 2.26. The van der Waals surface area contributed by atoms with Crippen molar-refractivity contribution in [2.24, 2.45) is 5.73 Å². The molecule has 1 saturated heterocycles. The summed E-state index contributed by atoms with van der Waals surface area (Å²) in [5.41, 5.74) is 11.8. The van der Waals surface area contributed by atoms with Gasteiger partial charge in [-0.05, 0) is 73.3 Å². The number of nitrogens with zero attached hydrogens (tertiary/aromatic N) is 3. The first-order valence-electron chi connectivity index (χ1n) is 12.6. The van der Waals surface area contributed by atoms with Crippen LogP contribution in [0.3, 0.4) is 0 Å². The van der Waals surface area contributed by atoms with Crippen molar-refractivity contribution in [1.29, 1.82) is 5.41 Å². The number of nitrogen functional groups attached to an aromatic ring is 1. The number of piperidine rings is 1. The number of carbonyl (C=O) groups is 1. The summed E-state index contributed by atoms with van der Waals surface area (Å²) in [5, 5.41) is 14.3. The van der Waals surface area contributed by atoms with Crippen LogP contribution in [-0.2, 0) is 11.3 Å². The molecule has 1 aromatic heterocycles. The SMILES string of the molecule is N=C(N)c1cccc(N(CC(=O)Nc2ccc(C3CCNCC3)cc2)Cc2cccc3nccnc23)c1. The maximum atomic E-state index is 13.2. The fourth-order valence-electron chi connectivity index (χ4n) is 4.86. The summed E-state index contributed by atoms with van der Waals surface area (Å²) in [6.07, 6.45) is 5.62. The number of carbonyl (C=O) groups excluding carboxylic acids is 1. The number of para-hydroxylation sites is 1. The molecule has 3 aromatic carbocycles. The number of amidine groups is 1. The van der Waals surface area contributed by atoms with E-state index in [9.17, 15) is 4.79 Å². The zero-order valence-electron chi connectivity index (χ0n) is 20.7. The first-order valence-corrected chi connectivity index (χ1v) is 12.6. The summed E-state index contributed by atoms with van der Waals surface area (Å²) in [6, 6.07) is 21.5. The molecule has 4 aromatic rings. The minimum absolute atomic E-state index is 0.0175. The Bertz CT molecular complexity index is 1390. The van der Waals surface area contributed by atoms with Crippen LogP contribution in [0.5, 0.6) is 0 Å². The van der Waals surface area contributed by atoms with Crippen LogP contribution in [0.25, 0.3) is 11.0 Å². The third-order valence-electron chi connectivity index (χ3n) is 6.81. The molecule has 0 bridgehead atoms. The molecule has 0 saturated carbocycles. The maximum Gasteiger partial charge on any atom is 0.243 e. The average molecular weight is 494 g/mol. The van der Waals surface area contributed by atoms with Gasteiger partial charge in [0.25, 0.3) is 0 Å². The van der Waals surface area contributed by atoms with Gasteiger partial charge < -0.3 is 21.3 Å². The van der Waals surface area contributed by atoms with Crippen molar-refractivity contribution >= 4 is 34.2 Å². The van der Waals surface area contributed by atoms with Crippen LogP contribution >= 0.6 is 0 Å². The van der Waals surface area contributed by atoms with Gasteiger partial charge in [0.05, 0.1) is 17.6 Å². The molecule has 8 heteroatoms. The van der Waals surface area contributed by atoms with Crippen molar-refractivity contribution in [1.82, 2.24) is 15.3 Å². The molecule has 5 N–H and O–H groups in total. The van der Waals surface area contributed by atoms with Crippen molar-refractivity contribution in [3.8, 4) is 0 Å². The fraction of sp³-hybridized carbons (Fsp3) is 0.241. The molecular weight excluding hydrogens is 462 g/mol. The number of fused-ring (bicyclic) bond motifs is 1. The third-order valence-corrected chi connectivity index (χ3v) is 6.81. The summed E-state index contributed by atoms with van der Waals surface area (Å²) in [6.45, 7) is 2.66. The number of nitrogens with two attached hydrogens (primary N) is 1. The highest BCUT2D eigenvalue weighted by molar-refractivity contribution is 5.97. The first-order chi connectivity index (χ1) is 18.1. The van der Waals surface area contributed by atoms with E-state index in [2.05, 4.69) is 32.7 Å². The summed E-state index contributed by atoms with van der Waals surface area (Å²) in [7, 11) is 0. The third kappa shape index (κ3) is 5.92. The molecule has 188 valence electrons. The molecule has 2 heterocycles. The number of amides is 1. The Balaban J connectivity index is 1.36. The van der Waals surface area contributed by atoms with E-state index in [-0.39, 0.29) is 18.3 Å². The van der Waals surface area contributed by atoms with E-state index in [4.69, 9.17) is 11.1 Å². The Labute approximate surface area is 216 Å². The number of rotatable bonds is 8. The summed E-state index contributed by atoms with van der Waals surface area (Å²) >= 11 is 0. The molecule has 1 aliphatic rings. The molecule has 0 spiro atoms. The normalized spacial score (nSPS) is 13.8. The maximum absolute atomic E-state index is 13.2. The molecule has 0 aliphatic carbocycles. The highest BCUT2D eigenvalue weighted by Gasteiger charge is 2.17. The molecule has 0 atom stereocenters. The minimum atomic E-state index is -0.130. The Kier molecular flexibility index (Phi) is 7.37. The van der Waals surface area contributed by atoms with E-state index in [1.807, 2.05) is 53.4 Å². The van der Waals surface area contributed by atoms with Crippen molar-refractivity contribution in [3.05, 3.63) is 95.8 Å². The van der Waals surface area contributed by atoms with Gasteiger partial charge in [0.2, 0.25) is 5.91 Å². The van der Waals surface area contributed by atoms with E-state index >= 15 is 0 Å². The molecule has 37 heavy (non-hydrogen) atoms. The number of benzene rings is 3. The van der Waals surface area contributed by atoms with Crippen molar-refractivity contribution in [2.75, 3.05) is 29.9 Å². The van der Waals surface area contributed by atoms with Gasteiger partial charge in [-0.3, -0.25) is 20.2 Å². The van der Waals surface area contributed by atoms with Gasteiger partial charge in [-0.2, -0.15) is 0 Å². The lowest BCUT2D eigenvalue weighted by Crippen LogP contribution is -2.33. The second-order valence-corrected chi connectivity index (χ2v) is 9.36. The summed E-state index contributed by atoms with van der Waals surface area (Å²) in [5.74, 6) is 0.420. The van der Waals surface area contributed by atoms with E-state index in [1.165, 1.54) is 5.56 Å². The van der Waals surface area contributed by atoms with Gasteiger partial charge in [0.15, 0.2) is 0 Å². The molecule has 1 amide bonds. The molecule has 0 unspecified atom stereocenters. The smallest absolute Gasteiger partial charge is 0.243 e. The molecule has 5 rings (SSSR count). The van der Waals surface area contributed by atoms with Gasteiger partial charge in [-0.15, -0.1) is 0 Å². The Hall–Kier alpha value is -4.30. The van der Waals surface area contributed by atoms with Crippen LogP contribution < -0.4 is 21.3 Å². The van der Waals surface area contributed by atoms with E-state index in [1.54, 1.807) is 18.5 Å². The van der Waals surface area contributed by atoms with Crippen molar-refractivity contribution < 1.29 is 4.79 Å². The Morgan fingerprint density at radius 2 is 1.78 bits per heavy atom. The van der Waals surface area contributed by atoms with Crippen LogP contribution in [0.15, 0.2) is 79.1 Å². The number of hydrogen-bond acceptors (Lipinski definition) is 6. The predicted molar refractivity (Wildman–Crippen MR) is 148 cm³/mol. The summed E-state index contributed by atoms with van der Waals surface area (Å²) in [4.78, 5) is 24.1. The number of aromatic nitrogens is 2. The number of nitrogens with one attached hydrogen (secondary N) is 3. The zero-order chi connectivity index (χ0) is 25.6. The summed E-state index contributed by atoms with van der Waals surface area (Å²) < 4.78 is 0. The van der Waals surface area contributed by atoms with Gasteiger partial charge in [0, 0.05) is 35.9 Å². The first kappa shape index (κ1) is 24.4. The highest BCUT2D eigenvalue weighted by atomic mass is 16.2. The topological polar surface area (TPSA) is 120 Å². The van der Waals surface area contributed by atoms with Gasteiger partial charge in [-0.25, -0.2) is 0 Å². The molecular formula is C29H31N7O. The minimum Gasteiger partial charge on any atom is -0.384 e. The van der Waals surface area contributed by atoms with E-state index in [0.717, 1.165) is 53.9 Å². The quantitative estimate of drug-likeness (QED) is 0.217. The van der Waals surface area contributed by atoms with E-state index in [0.29, 0.717) is 18.0 Å². The standard InChI is InChI=1S/C29H31N7O/c30-29(31)22-3-1-5-25(17-22)36(18-23-4-2-6-26-28(23)34-16-15-33-26)19-27(37)35-24-9-7-20(8-10-24)21-11-13-32-14-12-21/h1-10,15-17,21,32H,11-14,18-19H2,(H3,30,31)(H,35,37). The predicted octanol–water partition coefficient (Wildman–Crippen LogP) is 4.03. The lowest BCUT2D eigenvalue weighted by atomic mass is 9.90. The molecule has 8 nitrogen and oxygen atoms in total. The second-order valence-electron chi connectivity index (χ2n) is 9.36. The molecule has 1 aliphatic heterocycles. The lowest BCUT2D eigenvalue weighted by molar-refractivity contribution is -0.115. The van der Waals surface area contributed by atoms with Crippen molar-refractivity contribution in [2.45, 2.75) is 25.3 Å². The number of hydrogen-bond donors (Lipinski definition) is 4. The van der Waals surface area contributed by atoms with Crippen LogP contribution in [0, 0.1) is 5.41 Å². The largest absolute Gasteiger partial charge is 0.384 e. The van der Waals surface area contributed by atoms with Crippen LogP contribution in [0.1, 0.15) is 35.4 Å². The van der Waals surface area contributed by atoms with Gasteiger partial charge in [0.1, 0.15) is 5.84 Å². The van der Waals surface area contributed by atoms with Crippen LogP contribution in [-0.4, -0.2) is 41.3 Å². The Morgan fingerprint density at radius 3 is 2.57 bits per heavy atom. The molecule has 0 radical (unpaired) electrons. The lowest BCUT2D eigenvalue weighted by Gasteiger charge is -2.25. The number of anilines is 2. The van der Waals surface area contributed by atoms with Crippen molar-refractivity contribution in [3.63, 3.8) is 0 Å². The van der Waals surface area contributed by atoms with Crippen LogP contribution in [0.4, 0.5) is 11.4 Å². The fourth-order valence-corrected chi connectivity index (χ4v) is 4.86. The van der Waals surface area contributed by atoms with Crippen LogP contribution in [0.2, 0.25) is 0 Å².